The van der Waals surface area contributed by atoms with E-state index in [1.54, 1.807) is 24.3 Å². The van der Waals surface area contributed by atoms with E-state index in [-0.39, 0.29) is 4.90 Å². The summed E-state index contributed by atoms with van der Waals surface area (Å²) in [5.41, 5.74) is 3.77. The van der Waals surface area contributed by atoms with Crippen molar-refractivity contribution >= 4 is 21.4 Å². The largest absolute Gasteiger partial charge is 0.381 e. The Hall–Kier alpha value is -2.79. The molecule has 0 fully saturated rings. The third kappa shape index (κ3) is 4.64. The molecule has 0 aliphatic heterocycles. The van der Waals surface area contributed by atoms with Gasteiger partial charge in [-0.3, -0.25) is 4.72 Å². The average Bonchev–Trinajstić information content (AvgIpc) is 2.68. The molecule has 0 aliphatic carbocycles. The highest BCUT2D eigenvalue weighted by molar-refractivity contribution is 7.92. The molecule has 134 valence electrons. The second kappa shape index (κ2) is 8.06. The summed E-state index contributed by atoms with van der Waals surface area (Å²) in [7, 11) is -3.58. The van der Waals surface area contributed by atoms with Crippen LogP contribution in [0.15, 0.2) is 83.8 Å². The van der Waals surface area contributed by atoms with Gasteiger partial charge >= 0.3 is 0 Å². The maximum atomic E-state index is 12.5. The van der Waals surface area contributed by atoms with Gasteiger partial charge in [0.05, 0.1) is 4.90 Å². The molecular formula is C21H22N2O2S. The first-order valence-corrected chi connectivity index (χ1v) is 10.0. The first-order valence-electron chi connectivity index (χ1n) is 8.56. The molecule has 3 rings (SSSR count). The van der Waals surface area contributed by atoms with E-state index in [2.05, 4.69) is 22.2 Å². The highest BCUT2D eigenvalue weighted by Crippen LogP contribution is 2.19. The Bertz CT molecular complexity index is 936. The Balaban J connectivity index is 1.64. The van der Waals surface area contributed by atoms with Crippen LogP contribution in [-0.2, 0) is 23.0 Å². The molecule has 0 atom stereocenters. The van der Waals surface area contributed by atoms with Gasteiger partial charge in [0, 0.05) is 17.9 Å². The van der Waals surface area contributed by atoms with Crippen LogP contribution in [-0.4, -0.2) is 8.42 Å². The van der Waals surface area contributed by atoms with Gasteiger partial charge in [0.25, 0.3) is 10.0 Å². The standard InChI is InChI=1S/C21H22N2O2S/c1-2-17-8-14-21(15-9-17)26(24,25)23-20-12-10-19(11-13-20)22-16-18-6-4-3-5-7-18/h3-15,22-23H,2,16H2,1H3. The van der Waals surface area contributed by atoms with E-state index >= 15 is 0 Å². The summed E-state index contributed by atoms with van der Waals surface area (Å²) < 4.78 is 27.6. The molecule has 0 aliphatic rings. The summed E-state index contributed by atoms with van der Waals surface area (Å²) in [4.78, 5) is 0.265. The summed E-state index contributed by atoms with van der Waals surface area (Å²) in [5.74, 6) is 0. The van der Waals surface area contributed by atoms with Crippen LogP contribution < -0.4 is 10.0 Å². The molecule has 3 aromatic rings. The highest BCUT2D eigenvalue weighted by Gasteiger charge is 2.13. The molecule has 5 heteroatoms. The third-order valence-electron chi connectivity index (χ3n) is 4.12. The first kappa shape index (κ1) is 18.0. The molecule has 3 aromatic carbocycles. The number of anilines is 2. The van der Waals surface area contributed by atoms with E-state index in [0.29, 0.717) is 5.69 Å². The molecule has 0 aromatic heterocycles. The number of aryl methyl sites for hydroxylation is 1. The fourth-order valence-electron chi connectivity index (χ4n) is 2.57. The quantitative estimate of drug-likeness (QED) is 0.639. The lowest BCUT2D eigenvalue weighted by atomic mass is 10.2. The minimum Gasteiger partial charge on any atom is -0.381 e. The Morgan fingerprint density at radius 3 is 1.96 bits per heavy atom. The van der Waals surface area contributed by atoms with Gasteiger partial charge in [-0.1, -0.05) is 49.4 Å². The summed E-state index contributed by atoms with van der Waals surface area (Å²) in [6.45, 7) is 2.75. The number of sulfonamides is 1. The Kier molecular flexibility index (Phi) is 5.58. The minimum absolute atomic E-state index is 0.265. The van der Waals surface area contributed by atoms with Crippen LogP contribution >= 0.6 is 0 Å². The van der Waals surface area contributed by atoms with Crippen molar-refractivity contribution in [1.82, 2.24) is 0 Å². The van der Waals surface area contributed by atoms with Crippen molar-refractivity contribution in [1.29, 1.82) is 0 Å². The predicted molar refractivity (Wildman–Crippen MR) is 107 cm³/mol. The van der Waals surface area contributed by atoms with Gasteiger partial charge in [0.15, 0.2) is 0 Å². The Morgan fingerprint density at radius 2 is 1.35 bits per heavy atom. The molecule has 0 spiro atoms. The lowest BCUT2D eigenvalue weighted by molar-refractivity contribution is 0.601. The second-order valence-corrected chi connectivity index (χ2v) is 7.70. The van der Waals surface area contributed by atoms with Crippen LogP contribution in [0.3, 0.4) is 0 Å². The molecular weight excluding hydrogens is 344 g/mol. The number of rotatable bonds is 7. The molecule has 0 saturated heterocycles. The van der Waals surface area contributed by atoms with Crippen LogP contribution in [0, 0.1) is 0 Å². The molecule has 0 bridgehead atoms. The minimum atomic E-state index is -3.58. The fourth-order valence-corrected chi connectivity index (χ4v) is 3.63. The summed E-state index contributed by atoms with van der Waals surface area (Å²) in [6.07, 6.45) is 0.880. The molecule has 0 amide bonds. The molecule has 0 radical (unpaired) electrons. The van der Waals surface area contributed by atoms with Gasteiger partial charge in [0.1, 0.15) is 0 Å². The Labute approximate surface area is 155 Å². The van der Waals surface area contributed by atoms with Crippen LogP contribution in [0.2, 0.25) is 0 Å². The monoisotopic (exact) mass is 366 g/mol. The summed E-state index contributed by atoms with van der Waals surface area (Å²) in [5, 5.41) is 3.32. The molecule has 0 heterocycles. The van der Waals surface area contributed by atoms with Crippen LogP contribution in [0.5, 0.6) is 0 Å². The molecule has 0 saturated carbocycles. The topological polar surface area (TPSA) is 58.2 Å². The molecule has 26 heavy (non-hydrogen) atoms. The Morgan fingerprint density at radius 1 is 0.731 bits per heavy atom. The van der Waals surface area contributed by atoms with E-state index in [4.69, 9.17) is 0 Å². The molecule has 2 N–H and O–H groups in total. The lowest BCUT2D eigenvalue weighted by Gasteiger charge is -2.10. The van der Waals surface area contributed by atoms with E-state index < -0.39 is 10.0 Å². The zero-order valence-electron chi connectivity index (χ0n) is 14.6. The molecule has 4 nitrogen and oxygen atoms in total. The maximum absolute atomic E-state index is 12.5. The average molecular weight is 366 g/mol. The number of nitrogens with one attached hydrogen (secondary N) is 2. The van der Waals surface area contributed by atoms with Crippen LogP contribution in [0.1, 0.15) is 18.1 Å². The highest BCUT2D eigenvalue weighted by atomic mass is 32.2. The zero-order chi connectivity index (χ0) is 18.4. The second-order valence-electron chi connectivity index (χ2n) is 6.02. The zero-order valence-corrected chi connectivity index (χ0v) is 15.5. The van der Waals surface area contributed by atoms with E-state index in [9.17, 15) is 8.42 Å². The van der Waals surface area contributed by atoms with Crippen molar-refractivity contribution in [3.8, 4) is 0 Å². The number of benzene rings is 3. The molecule has 0 unspecified atom stereocenters. The van der Waals surface area contributed by atoms with Crippen molar-refractivity contribution in [2.75, 3.05) is 10.0 Å². The van der Waals surface area contributed by atoms with E-state index in [0.717, 1.165) is 24.2 Å². The first-order chi connectivity index (χ1) is 12.6. The fraction of sp³-hybridized carbons (Fsp3) is 0.143. The van der Waals surface area contributed by atoms with Gasteiger partial charge in [-0.2, -0.15) is 0 Å². The summed E-state index contributed by atoms with van der Waals surface area (Å²) >= 11 is 0. The number of hydrogen-bond acceptors (Lipinski definition) is 3. The van der Waals surface area contributed by atoms with Gasteiger partial charge in [-0.05, 0) is 53.9 Å². The van der Waals surface area contributed by atoms with E-state index in [1.807, 2.05) is 49.4 Å². The number of hydrogen-bond donors (Lipinski definition) is 2. The van der Waals surface area contributed by atoms with Crippen molar-refractivity contribution in [3.63, 3.8) is 0 Å². The predicted octanol–water partition coefficient (Wildman–Crippen LogP) is 4.66. The van der Waals surface area contributed by atoms with Crippen molar-refractivity contribution in [2.24, 2.45) is 0 Å². The van der Waals surface area contributed by atoms with Gasteiger partial charge in [0.2, 0.25) is 0 Å². The normalized spacial score (nSPS) is 11.1. The van der Waals surface area contributed by atoms with Crippen molar-refractivity contribution in [3.05, 3.63) is 90.0 Å². The van der Waals surface area contributed by atoms with E-state index in [1.165, 1.54) is 5.56 Å². The van der Waals surface area contributed by atoms with Crippen molar-refractivity contribution in [2.45, 2.75) is 24.8 Å². The SMILES string of the molecule is CCc1ccc(S(=O)(=O)Nc2ccc(NCc3ccccc3)cc2)cc1. The van der Waals surface area contributed by atoms with Gasteiger partial charge in [-0.15, -0.1) is 0 Å². The lowest BCUT2D eigenvalue weighted by Crippen LogP contribution is -2.13. The third-order valence-corrected chi connectivity index (χ3v) is 5.52. The van der Waals surface area contributed by atoms with Gasteiger partial charge in [-0.25, -0.2) is 8.42 Å². The van der Waals surface area contributed by atoms with Gasteiger partial charge < -0.3 is 5.32 Å². The van der Waals surface area contributed by atoms with Crippen LogP contribution in [0.25, 0.3) is 0 Å². The van der Waals surface area contributed by atoms with Crippen molar-refractivity contribution < 1.29 is 8.42 Å². The van der Waals surface area contributed by atoms with Crippen LogP contribution in [0.4, 0.5) is 11.4 Å². The smallest absolute Gasteiger partial charge is 0.261 e. The summed E-state index contributed by atoms with van der Waals surface area (Å²) in [6, 6.07) is 24.3. The maximum Gasteiger partial charge on any atom is 0.261 e.